The van der Waals surface area contributed by atoms with Crippen LogP contribution in [0.5, 0.6) is 5.75 Å². The maximum Gasteiger partial charge on any atom is 0.237 e. The van der Waals surface area contributed by atoms with E-state index in [0.29, 0.717) is 11.3 Å². The van der Waals surface area contributed by atoms with Crippen molar-refractivity contribution in [3.8, 4) is 5.75 Å². The molecule has 0 N–H and O–H groups in total. The Hall–Kier alpha value is -3.62. The van der Waals surface area contributed by atoms with E-state index in [1.54, 1.807) is 79.9 Å². The summed E-state index contributed by atoms with van der Waals surface area (Å²) in [6.07, 6.45) is -0.928. The van der Waals surface area contributed by atoms with Crippen molar-refractivity contribution < 1.29 is 28.7 Å². The fraction of sp³-hybridized carbons (Fsp3) is 0.214. The van der Waals surface area contributed by atoms with Crippen molar-refractivity contribution in [3.63, 3.8) is 0 Å². The second-order valence-electron chi connectivity index (χ2n) is 9.14. The van der Waals surface area contributed by atoms with Crippen LogP contribution in [0.25, 0.3) is 0 Å². The summed E-state index contributed by atoms with van der Waals surface area (Å²) in [5.74, 6) is -3.76. The minimum atomic E-state index is -2.06. The SMILES string of the molecule is COc1ccc(CN2C(=O)C3C(c4ccc(Br)cc4)OC4(C(=O)c5ccccc5C4=O)C3C2=O)cc1. The van der Waals surface area contributed by atoms with Crippen LogP contribution in [-0.4, -0.2) is 41.0 Å². The first-order valence-electron chi connectivity index (χ1n) is 11.5. The fourth-order valence-electron chi connectivity index (χ4n) is 5.60. The molecule has 0 radical (unpaired) electrons. The van der Waals surface area contributed by atoms with E-state index in [9.17, 15) is 19.2 Å². The average Bonchev–Trinajstić information content (AvgIpc) is 3.46. The zero-order valence-corrected chi connectivity index (χ0v) is 20.7. The molecule has 3 aliphatic rings. The first-order valence-corrected chi connectivity index (χ1v) is 12.3. The molecule has 6 rings (SSSR count). The van der Waals surface area contributed by atoms with Gasteiger partial charge in [0.1, 0.15) is 5.75 Å². The number of methoxy groups -OCH3 is 1. The third kappa shape index (κ3) is 3.07. The van der Waals surface area contributed by atoms with Crippen molar-refractivity contribution in [3.05, 3.63) is 99.5 Å². The number of nitrogens with zero attached hydrogens (tertiary/aromatic N) is 1. The Kier molecular flexibility index (Phi) is 5.21. The van der Waals surface area contributed by atoms with Crippen molar-refractivity contribution >= 4 is 39.3 Å². The second-order valence-corrected chi connectivity index (χ2v) is 10.1. The number of hydrogen-bond donors (Lipinski definition) is 0. The second kappa shape index (κ2) is 8.21. The van der Waals surface area contributed by atoms with Crippen LogP contribution in [0, 0.1) is 11.8 Å². The number of ether oxygens (including phenoxy) is 2. The van der Waals surface area contributed by atoms with Gasteiger partial charge in [0, 0.05) is 15.6 Å². The van der Waals surface area contributed by atoms with Crippen molar-refractivity contribution in [2.24, 2.45) is 11.8 Å². The molecule has 0 aromatic heterocycles. The highest BCUT2D eigenvalue weighted by Gasteiger charge is 2.74. The molecule has 1 aliphatic carbocycles. The van der Waals surface area contributed by atoms with Crippen LogP contribution >= 0.6 is 15.9 Å². The van der Waals surface area contributed by atoms with Gasteiger partial charge in [0.25, 0.3) is 0 Å². The number of amides is 2. The van der Waals surface area contributed by atoms with Gasteiger partial charge in [-0.3, -0.25) is 24.1 Å². The Balaban J connectivity index is 1.45. The van der Waals surface area contributed by atoms with Crippen LogP contribution in [-0.2, 0) is 20.9 Å². The highest BCUT2D eigenvalue weighted by molar-refractivity contribution is 9.10. The highest BCUT2D eigenvalue weighted by Crippen LogP contribution is 2.57. The van der Waals surface area contributed by atoms with E-state index in [4.69, 9.17) is 9.47 Å². The summed E-state index contributed by atoms with van der Waals surface area (Å²) < 4.78 is 12.3. The van der Waals surface area contributed by atoms with E-state index < -0.39 is 46.9 Å². The highest BCUT2D eigenvalue weighted by atomic mass is 79.9. The van der Waals surface area contributed by atoms with Gasteiger partial charge < -0.3 is 9.47 Å². The average molecular weight is 546 g/mol. The van der Waals surface area contributed by atoms with Gasteiger partial charge in [-0.1, -0.05) is 64.5 Å². The number of benzene rings is 3. The van der Waals surface area contributed by atoms with E-state index in [0.717, 1.165) is 14.9 Å². The van der Waals surface area contributed by atoms with Crippen molar-refractivity contribution in [2.45, 2.75) is 18.2 Å². The topological polar surface area (TPSA) is 90.0 Å². The first kappa shape index (κ1) is 22.8. The summed E-state index contributed by atoms with van der Waals surface area (Å²) in [5, 5.41) is 0. The zero-order chi connectivity index (χ0) is 25.2. The third-order valence-corrected chi connectivity index (χ3v) is 7.84. The minimum Gasteiger partial charge on any atom is -0.497 e. The summed E-state index contributed by atoms with van der Waals surface area (Å²) in [6, 6.07) is 20.6. The maximum atomic E-state index is 13.8. The smallest absolute Gasteiger partial charge is 0.237 e. The molecule has 3 unspecified atom stereocenters. The molecule has 0 bridgehead atoms. The Morgan fingerprint density at radius 2 is 1.47 bits per heavy atom. The molecule has 1 spiro atoms. The summed E-state index contributed by atoms with van der Waals surface area (Å²) in [6.45, 7) is 0.0210. The predicted octanol–water partition coefficient (Wildman–Crippen LogP) is 4.15. The number of fused-ring (bicyclic) bond motifs is 3. The molecule has 3 atom stereocenters. The molecule has 2 aliphatic heterocycles. The molecule has 2 heterocycles. The van der Waals surface area contributed by atoms with Gasteiger partial charge in [-0.25, -0.2) is 0 Å². The van der Waals surface area contributed by atoms with E-state index in [1.165, 1.54) is 0 Å². The van der Waals surface area contributed by atoms with Gasteiger partial charge in [0.05, 0.1) is 31.6 Å². The van der Waals surface area contributed by atoms with Gasteiger partial charge in [-0.15, -0.1) is 0 Å². The van der Waals surface area contributed by atoms with Crippen LogP contribution in [0.2, 0.25) is 0 Å². The number of imide groups is 1. The van der Waals surface area contributed by atoms with Gasteiger partial charge in [-0.05, 0) is 35.4 Å². The van der Waals surface area contributed by atoms with Crippen LogP contribution < -0.4 is 4.74 Å². The summed E-state index contributed by atoms with van der Waals surface area (Å²) in [4.78, 5) is 56.3. The van der Waals surface area contributed by atoms with Crippen molar-refractivity contribution in [1.82, 2.24) is 4.90 Å². The van der Waals surface area contributed by atoms with E-state index in [-0.39, 0.29) is 17.7 Å². The predicted molar refractivity (Wildman–Crippen MR) is 131 cm³/mol. The lowest BCUT2D eigenvalue weighted by atomic mass is 9.77. The lowest BCUT2D eigenvalue weighted by Gasteiger charge is -2.27. The molecule has 180 valence electrons. The fourth-order valence-corrected chi connectivity index (χ4v) is 5.86. The number of Topliss-reactive ketones (excluding diaryl/α,β-unsaturated/α-hetero) is 2. The molecular formula is C28H20BrNO6. The standard InChI is InChI=1S/C28H20BrNO6/c1-35-18-12-6-15(7-13-18)14-30-26(33)21-22(27(30)34)28(36-23(21)16-8-10-17(29)11-9-16)24(31)19-4-2-3-5-20(19)25(28)32/h2-13,21-23H,14H2,1H3. The third-order valence-electron chi connectivity index (χ3n) is 7.31. The largest absolute Gasteiger partial charge is 0.497 e. The molecule has 0 saturated carbocycles. The van der Waals surface area contributed by atoms with Gasteiger partial charge in [0.15, 0.2) is 0 Å². The molecule has 8 heteroatoms. The van der Waals surface area contributed by atoms with E-state index in [2.05, 4.69) is 15.9 Å². The molecule has 2 saturated heterocycles. The Morgan fingerprint density at radius 1 is 0.861 bits per heavy atom. The Labute approximate surface area is 215 Å². The van der Waals surface area contributed by atoms with Gasteiger partial charge in [0.2, 0.25) is 29.0 Å². The van der Waals surface area contributed by atoms with Crippen molar-refractivity contribution in [2.75, 3.05) is 7.11 Å². The van der Waals surface area contributed by atoms with Crippen LogP contribution in [0.1, 0.15) is 37.9 Å². The molecule has 7 nitrogen and oxygen atoms in total. The quantitative estimate of drug-likeness (QED) is 0.361. The Morgan fingerprint density at radius 3 is 2.06 bits per heavy atom. The number of hydrogen-bond acceptors (Lipinski definition) is 6. The molecule has 36 heavy (non-hydrogen) atoms. The van der Waals surface area contributed by atoms with Gasteiger partial charge in [-0.2, -0.15) is 0 Å². The number of carbonyl (C=O) groups is 4. The summed E-state index contributed by atoms with van der Waals surface area (Å²) in [5.41, 5.74) is -0.291. The zero-order valence-electron chi connectivity index (χ0n) is 19.1. The lowest BCUT2D eigenvalue weighted by Crippen LogP contribution is -2.50. The van der Waals surface area contributed by atoms with Crippen LogP contribution in [0.4, 0.5) is 0 Å². The molecular weight excluding hydrogens is 526 g/mol. The van der Waals surface area contributed by atoms with Crippen LogP contribution in [0.3, 0.4) is 0 Å². The van der Waals surface area contributed by atoms with E-state index in [1.807, 2.05) is 0 Å². The molecule has 3 aromatic rings. The summed E-state index contributed by atoms with van der Waals surface area (Å²) in [7, 11) is 1.55. The number of halogens is 1. The monoisotopic (exact) mass is 545 g/mol. The number of rotatable bonds is 4. The maximum absolute atomic E-state index is 13.8. The normalized spacial score (nSPS) is 23.9. The number of likely N-dealkylation sites (tertiary alicyclic amines) is 1. The summed E-state index contributed by atoms with van der Waals surface area (Å²) >= 11 is 3.40. The first-order chi connectivity index (χ1) is 17.4. The molecule has 3 aromatic carbocycles. The Bertz CT molecular complexity index is 1400. The minimum absolute atomic E-state index is 0.0210. The molecule has 2 fully saturated rings. The van der Waals surface area contributed by atoms with Crippen LogP contribution in [0.15, 0.2) is 77.3 Å². The number of ketones is 2. The lowest BCUT2D eigenvalue weighted by molar-refractivity contribution is -0.145. The number of carbonyl (C=O) groups excluding carboxylic acids is 4. The van der Waals surface area contributed by atoms with E-state index >= 15 is 0 Å². The van der Waals surface area contributed by atoms with Gasteiger partial charge >= 0.3 is 0 Å². The van der Waals surface area contributed by atoms with Crippen molar-refractivity contribution in [1.29, 1.82) is 0 Å². The molecule has 2 amide bonds.